The maximum Gasteiger partial charge on any atom is 0.417 e. The molecule has 0 fully saturated rings. The molecular formula is C18H9Cl2F3N4O2. The number of hydrogen-bond donors (Lipinski definition) is 0. The molecule has 0 aliphatic carbocycles. The average Bonchev–Trinajstić information content (AvgIpc) is 3.28. The van der Waals surface area contributed by atoms with Gasteiger partial charge in [0.15, 0.2) is 5.65 Å². The normalized spacial score (nSPS) is 11.9. The number of alkyl halides is 3. The number of halogens is 5. The van der Waals surface area contributed by atoms with Crippen LogP contribution in [-0.4, -0.2) is 25.8 Å². The van der Waals surface area contributed by atoms with Crippen LogP contribution < -0.4 is 0 Å². The standard InChI is InChI=1S/C18H9Cl2F3N4O2/c19-11-3-1-2-9(4-5-28)14(11)15-25-17(29-26-15)13-8-27-7-10(18(21,22)23)6-12(20)16(27)24-13/h1-3,5-8H,4H2. The Bertz CT molecular complexity index is 1230. The molecule has 29 heavy (non-hydrogen) atoms. The number of carbonyl (C=O) groups is 1. The number of aromatic nitrogens is 4. The number of aldehydes is 1. The lowest BCUT2D eigenvalue weighted by Gasteiger charge is -2.07. The zero-order valence-corrected chi connectivity index (χ0v) is 15.8. The van der Waals surface area contributed by atoms with Crippen LogP contribution in [-0.2, 0) is 17.4 Å². The Kier molecular flexibility index (Phi) is 4.79. The first-order chi connectivity index (χ1) is 13.8. The zero-order chi connectivity index (χ0) is 20.8. The first-order valence-corrected chi connectivity index (χ1v) is 8.84. The first kappa shape index (κ1) is 19.4. The molecule has 0 aliphatic rings. The van der Waals surface area contributed by atoms with E-state index >= 15 is 0 Å². The van der Waals surface area contributed by atoms with Crippen molar-refractivity contribution in [2.45, 2.75) is 12.6 Å². The van der Waals surface area contributed by atoms with Gasteiger partial charge in [-0.3, -0.25) is 0 Å². The Labute approximate surface area is 170 Å². The minimum absolute atomic E-state index is 0.0368. The van der Waals surface area contributed by atoms with Crippen molar-refractivity contribution in [1.82, 2.24) is 19.5 Å². The lowest BCUT2D eigenvalue weighted by molar-refractivity contribution is -0.137. The number of hydrogen-bond acceptors (Lipinski definition) is 5. The van der Waals surface area contributed by atoms with Gasteiger partial charge in [0.2, 0.25) is 5.82 Å². The summed E-state index contributed by atoms with van der Waals surface area (Å²) in [5.74, 6) is 0.0897. The van der Waals surface area contributed by atoms with Gasteiger partial charge in [0.05, 0.1) is 15.6 Å². The van der Waals surface area contributed by atoms with E-state index in [0.29, 0.717) is 16.1 Å². The fourth-order valence-electron chi connectivity index (χ4n) is 2.82. The van der Waals surface area contributed by atoms with Crippen molar-refractivity contribution >= 4 is 35.1 Å². The summed E-state index contributed by atoms with van der Waals surface area (Å²) in [5, 5.41) is 4.02. The topological polar surface area (TPSA) is 73.3 Å². The molecule has 0 bridgehead atoms. The van der Waals surface area contributed by atoms with E-state index in [1.165, 1.54) is 6.20 Å². The molecule has 0 spiro atoms. The molecule has 0 N–H and O–H groups in total. The van der Waals surface area contributed by atoms with E-state index in [2.05, 4.69) is 15.1 Å². The van der Waals surface area contributed by atoms with Crippen LogP contribution >= 0.6 is 23.2 Å². The number of pyridine rings is 1. The van der Waals surface area contributed by atoms with E-state index < -0.39 is 11.7 Å². The highest BCUT2D eigenvalue weighted by Crippen LogP contribution is 2.34. The van der Waals surface area contributed by atoms with Crippen LogP contribution in [0.4, 0.5) is 13.2 Å². The van der Waals surface area contributed by atoms with Gasteiger partial charge >= 0.3 is 6.18 Å². The highest BCUT2D eigenvalue weighted by Gasteiger charge is 2.32. The summed E-state index contributed by atoms with van der Waals surface area (Å²) in [4.78, 5) is 19.3. The van der Waals surface area contributed by atoms with Crippen LogP contribution in [0.2, 0.25) is 10.0 Å². The highest BCUT2D eigenvalue weighted by atomic mass is 35.5. The van der Waals surface area contributed by atoms with E-state index in [1.54, 1.807) is 18.2 Å². The van der Waals surface area contributed by atoms with Crippen molar-refractivity contribution in [2.24, 2.45) is 0 Å². The Hall–Kier alpha value is -2.91. The molecule has 4 rings (SSSR count). The molecule has 148 valence electrons. The smallest absolute Gasteiger partial charge is 0.332 e. The molecule has 6 nitrogen and oxygen atoms in total. The number of imidazole rings is 1. The highest BCUT2D eigenvalue weighted by molar-refractivity contribution is 6.33. The van der Waals surface area contributed by atoms with Crippen LogP contribution in [0.1, 0.15) is 11.1 Å². The minimum Gasteiger partial charge on any atom is -0.332 e. The van der Waals surface area contributed by atoms with Crippen LogP contribution in [0.3, 0.4) is 0 Å². The van der Waals surface area contributed by atoms with Gasteiger partial charge < -0.3 is 13.7 Å². The van der Waals surface area contributed by atoms with Crippen LogP contribution in [0.25, 0.3) is 28.6 Å². The fraction of sp³-hybridized carbons (Fsp3) is 0.111. The third kappa shape index (κ3) is 3.58. The minimum atomic E-state index is -4.56. The summed E-state index contributed by atoms with van der Waals surface area (Å²) in [7, 11) is 0. The maximum absolute atomic E-state index is 13.0. The Morgan fingerprint density at radius 1 is 1.14 bits per heavy atom. The van der Waals surface area contributed by atoms with Gasteiger partial charge in [-0.1, -0.05) is 40.5 Å². The molecule has 0 unspecified atom stereocenters. The van der Waals surface area contributed by atoms with Gasteiger partial charge in [-0.25, -0.2) is 4.98 Å². The van der Waals surface area contributed by atoms with Gasteiger partial charge in [0, 0.05) is 24.4 Å². The third-order valence-electron chi connectivity index (χ3n) is 4.11. The Balaban J connectivity index is 1.79. The zero-order valence-electron chi connectivity index (χ0n) is 14.2. The Morgan fingerprint density at radius 3 is 2.66 bits per heavy atom. The van der Waals surface area contributed by atoms with E-state index in [0.717, 1.165) is 23.0 Å². The molecule has 3 aromatic heterocycles. The van der Waals surface area contributed by atoms with E-state index in [9.17, 15) is 18.0 Å². The second-order valence-corrected chi connectivity index (χ2v) is 6.81. The molecule has 4 aromatic rings. The van der Waals surface area contributed by atoms with Gasteiger partial charge in [-0.05, 0) is 17.7 Å². The molecule has 0 atom stereocenters. The number of nitrogens with zero attached hydrogens (tertiary/aromatic N) is 4. The summed E-state index contributed by atoms with van der Waals surface area (Å²) < 4.78 is 45.3. The second-order valence-electron chi connectivity index (χ2n) is 6.00. The number of benzene rings is 1. The predicted octanol–water partition coefficient (Wildman–Crippen LogP) is 5.12. The number of fused-ring (bicyclic) bond motifs is 1. The van der Waals surface area contributed by atoms with Crippen molar-refractivity contribution in [3.8, 4) is 23.0 Å². The van der Waals surface area contributed by atoms with Crippen molar-refractivity contribution in [2.75, 3.05) is 0 Å². The van der Waals surface area contributed by atoms with Gasteiger partial charge in [-0.2, -0.15) is 18.2 Å². The average molecular weight is 441 g/mol. The summed E-state index contributed by atoms with van der Waals surface area (Å²) in [6.07, 6.45) is -1.57. The fourth-order valence-corrected chi connectivity index (χ4v) is 3.36. The largest absolute Gasteiger partial charge is 0.417 e. The molecule has 0 aliphatic heterocycles. The van der Waals surface area contributed by atoms with Crippen molar-refractivity contribution in [3.63, 3.8) is 0 Å². The summed E-state index contributed by atoms with van der Waals surface area (Å²) in [6.45, 7) is 0. The molecule has 1 aromatic carbocycles. The molecule has 3 heterocycles. The second kappa shape index (κ2) is 7.16. The predicted molar refractivity (Wildman–Crippen MR) is 98.7 cm³/mol. The third-order valence-corrected chi connectivity index (χ3v) is 4.70. The molecular weight excluding hydrogens is 432 g/mol. The van der Waals surface area contributed by atoms with Crippen LogP contribution in [0, 0.1) is 0 Å². The maximum atomic E-state index is 13.0. The van der Waals surface area contributed by atoms with Crippen LogP contribution in [0.15, 0.2) is 41.2 Å². The van der Waals surface area contributed by atoms with Gasteiger partial charge in [-0.15, -0.1) is 0 Å². The summed E-state index contributed by atoms with van der Waals surface area (Å²) in [6, 6.07) is 5.80. The summed E-state index contributed by atoms with van der Waals surface area (Å²) >= 11 is 12.2. The van der Waals surface area contributed by atoms with Gasteiger partial charge in [0.25, 0.3) is 5.89 Å². The van der Waals surface area contributed by atoms with Crippen molar-refractivity contribution < 1.29 is 22.5 Å². The lowest BCUT2D eigenvalue weighted by Crippen LogP contribution is -2.06. The monoisotopic (exact) mass is 440 g/mol. The van der Waals surface area contributed by atoms with E-state index in [4.69, 9.17) is 27.7 Å². The first-order valence-electron chi connectivity index (χ1n) is 8.09. The lowest BCUT2D eigenvalue weighted by atomic mass is 10.0. The molecule has 0 saturated heterocycles. The molecule has 0 radical (unpaired) electrons. The van der Waals surface area contributed by atoms with Crippen molar-refractivity contribution in [3.05, 3.63) is 57.8 Å². The summed E-state index contributed by atoms with van der Waals surface area (Å²) in [5.41, 5.74) is 0.354. The van der Waals surface area contributed by atoms with Gasteiger partial charge in [0.1, 0.15) is 12.0 Å². The quantitative estimate of drug-likeness (QED) is 0.411. The molecule has 0 saturated carbocycles. The molecule has 11 heteroatoms. The number of carbonyl (C=O) groups excluding carboxylic acids is 1. The van der Waals surface area contributed by atoms with E-state index in [-0.39, 0.29) is 34.5 Å². The number of rotatable bonds is 4. The van der Waals surface area contributed by atoms with Crippen LogP contribution in [0.5, 0.6) is 0 Å². The van der Waals surface area contributed by atoms with E-state index in [1.807, 2.05) is 0 Å². The Morgan fingerprint density at radius 2 is 1.93 bits per heavy atom. The molecule has 0 amide bonds. The SMILES string of the molecule is O=CCc1cccc(Cl)c1-c1noc(-c2cn3cc(C(F)(F)F)cc(Cl)c3n2)n1. The van der Waals surface area contributed by atoms with Crippen molar-refractivity contribution in [1.29, 1.82) is 0 Å².